The highest BCUT2D eigenvalue weighted by molar-refractivity contribution is 5.63. The molecule has 0 radical (unpaired) electrons. The Morgan fingerprint density at radius 1 is 1.47 bits per heavy atom. The van der Waals surface area contributed by atoms with Crippen LogP contribution in [0.5, 0.6) is 0 Å². The van der Waals surface area contributed by atoms with Gasteiger partial charge >= 0.3 is 5.69 Å². The van der Waals surface area contributed by atoms with E-state index in [1.165, 1.54) is 10.8 Å². The lowest BCUT2D eigenvalue weighted by molar-refractivity contribution is 0.311. The van der Waals surface area contributed by atoms with Crippen molar-refractivity contribution in [2.75, 3.05) is 11.9 Å². The number of ether oxygens (including phenoxy) is 1. The number of nitrogens with one attached hydrogen (secondary N) is 1. The number of anilines is 1. The summed E-state index contributed by atoms with van der Waals surface area (Å²) in [6.07, 6.45) is 8.36. The maximum atomic E-state index is 11.6. The molecule has 3 heterocycles. The Hall–Kier alpha value is -2.50. The topological polar surface area (TPSA) is 59.4 Å². The van der Waals surface area contributed by atoms with Crippen molar-refractivity contribution in [1.29, 1.82) is 0 Å². The van der Waals surface area contributed by atoms with E-state index in [0.29, 0.717) is 5.88 Å². The monoisotopic (exact) mass is 230 g/mol. The summed E-state index contributed by atoms with van der Waals surface area (Å²) in [5, 5.41) is 2.91. The van der Waals surface area contributed by atoms with Gasteiger partial charge in [0, 0.05) is 19.4 Å². The fourth-order valence-electron chi connectivity index (χ4n) is 1.74. The van der Waals surface area contributed by atoms with Gasteiger partial charge in [-0.1, -0.05) is 0 Å². The van der Waals surface area contributed by atoms with Crippen LogP contribution in [0.25, 0.3) is 6.20 Å². The molecule has 6 heteroatoms. The standard InChI is InChI=1S/C11H10N4O2/c1-12-9-6-15-8(7-17-9)3-5-14-10(15)2-4-13-11(14)16/h2-7,12H,1H3. The van der Waals surface area contributed by atoms with Gasteiger partial charge in [0.25, 0.3) is 0 Å². The Morgan fingerprint density at radius 3 is 3.18 bits per heavy atom. The molecule has 1 N–H and O–H groups in total. The summed E-state index contributed by atoms with van der Waals surface area (Å²) in [7, 11) is 1.77. The molecule has 6 nitrogen and oxygen atoms in total. The van der Waals surface area contributed by atoms with Crippen LogP contribution >= 0.6 is 0 Å². The first-order chi connectivity index (χ1) is 8.29. The van der Waals surface area contributed by atoms with E-state index in [2.05, 4.69) is 10.3 Å². The van der Waals surface area contributed by atoms with Crippen LogP contribution in [0.2, 0.25) is 0 Å². The SMILES string of the molecule is CNC1=CN2C(=CO1)C=Cn1c2ccnc1=O. The van der Waals surface area contributed by atoms with Crippen molar-refractivity contribution < 1.29 is 4.74 Å². The smallest absolute Gasteiger partial charge is 0.353 e. The van der Waals surface area contributed by atoms with Gasteiger partial charge in [0.2, 0.25) is 5.88 Å². The molecule has 17 heavy (non-hydrogen) atoms. The van der Waals surface area contributed by atoms with Gasteiger partial charge < -0.3 is 10.1 Å². The lowest BCUT2D eigenvalue weighted by atomic mass is 10.3. The van der Waals surface area contributed by atoms with Crippen LogP contribution in [-0.4, -0.2) is 16.6 Å². The molecule has 1 aromatic heterocycles. The van der Waals surface area contributed by atoms with Crippen LogP contribution < -0.4 is 15.9 Å². The molecule has 3 rings (SSSR count). The van der Waals surface area contributed by atoms with Crippen molar-refractivity contribution in [3.8, 4) is 0 Å². The minimum atomic E-state index is -0.302. The van der Waals surface area contributed by atoms with E-state index in [0.717, 1.165) is 11.5 Å². The molecule has 0 saturated carbocycles. The Morgan fingerprint density at radius 2 is 2.35 bits per heavy atom. The third-order valence-electron chi connectivity index (χ3n) is 2.58. The van der Waals surface area contributed by atoms with Crippen molar-refractivity contribution in [3.05, 3.63) is 52.9 Å². The number of hydrogen-bond donors (Lipinski definition) is 1. The first-order valence-electron chi connectivity index (χ1n) is 5.11. The van der Waals surface area contributed by atoms with E-state index in [9.17, 15) is 4.79 Å². The molecule has 86 valence electrons. The van der Waals surface area contributed by atoms with Crippen LogP contribution in [-0.2, 0) is 4.74 Å². The zero-order valence-corrected chi connectivity index (χ0v) is 9.12. The predicted molar refractivity (Wildman–Crippen MR) is 62.6 cm³/mol. The van der Waals surface area contributed by atoms with Gasteiger partial charge in [-0.25, -0.2) is 9.78 Å². The molecule has 0 amide bonds. The number of fused-ring (bicyclic) bond motifs is 3. The molecular weight excluding hydrogens is 220 g/mol. The molecule has 0 saturated heterocycles. The summed E-state index contributed by atoms with van der Waals surface area (Å²) in [6, 6.07) is 1.77. The second kappa shape index (κ2) is 3.51. The highest BCUT2D eigenvalue weighted by atomic mass is 16.5. The van der Waals surface area contributed by atoms with Gasteiger partial charge in [-0.15, -0.1) is 0 Å². The zero-order chi connectivity index (χ0) is 11.8. The number of rotatable bonds is 1. The molecule has 0 unspecified atom stereocenters. The van der Waals surface area contributed by atoms with E-state index in [1.807, 2.05) is 4.90 Å². The zero-order valence-electron chi connectivity index (χ0n) is 9.12. The average Bonchev–Trinajstić information content (AvgIpc) is 2.38. The number of hydrogen-bond acceptors (Lipinski definition) is 5. The quantitative estimate of drug-likeness (QED) is 0.757. The van der Waals surface area contributed by atoms with E-state index >= 15 is 0 Å². The maximum Gasteiger partial charge on any atom is 0.353 e. The lowest BCUT2D eigenvalue weighted by Crippen LogP contribution is -2.32. The first-order valence-corrected chi connectivity index (χ1v) is 5.11. The molecule has 0 bridgehead atoms. The van der Waals surface area contributed by atoms with Crippen molar-refractivity contribution in [2.24, 2.45) is 0 Å². The Bertz CT molecular complexity index is 612. The van der Waals surface area contributed by atoms with E-state index in [4.69, 9.17) is 4.74 Å². The molecule has 2 aliphatic heterocycles. The molecule has 0 aliphatic carbocycles. The molecule has 2 aliphatic rings. The molecule has 0 spiro atoms. The molecule has 0 aromatic carbocycles. The van der Waals surface area contributed by atoms with Crippen LogP contribution in [0.15, 0.2) is 47.2 Å². The van der Waals surface area contributed by atoms with Crippen molar-refractivity contribution in [3.63, 3.8) is 0 Å². The van der Waals surface area contributed by atoms with E-state index in [-0.39, 0.29) is 5.69 Å². The maximum absolute atomic E-state index is 11.6. The summed E-state index contributed by atoms with van der Waals surface area (Å²) in [5.74, 6) is 1.34. The van der Waals surface area contributed by atoms with Crippen molar-refractivity contribution in [2.45, 2.75) is 0 Å². The second-order valence-corrected chi connectivity index (χ2v) is 3.55. The van der Waals surface area contributed by atoms with Gasteiger partial charge in [-0.2, -0.15) is 0 Å². The number of aromatic nitrogens is 2. The number of allylic oxidation sites excluding steroid dienone is 1. The molecular formula is C11H10N4O2. The van der Waals surface area contributed by atoms with E-state index in [1.54, 1.807) is 37.9 Å². The first kappa shape index (κ1) is 9.71. The van der Waals surface area contributed by atoms with Crippen LogP contribution in [0.1, 0.15) is 0 Å². The van der Waals surface area contributed by atoms with Crippen molar-refractivity contribution >= 4 is 12.0 Å². The summed E-state index contributed by atoms with van der Waals surface area (Å²) < 4.78 is 6.81. The van der Waals surface area contributed by atoms with Crippen LogP contribution in [0, 0.1) is 0 Å². The Balaban J connectivity index is 2.17. The van der Waals surface area contributed by atoms with Gasteiger partial charge in [-0.3, -0.25) is 9.47 Å². The summed E-state index contributed by atoms with van der Waals surface area (Å²) in [4.78, 5) is 17.1. The van der Waals surface area contributed by atoms with Gasteiger partial charge in [0.1, 0.15) is 12.1 Å². The minimum absolute atomic E-state index is 0.302. The molecule has 1 aromatic rings. The number of nitrogens with zero attached hydrogens (tertiary/aromatic N) is 3. The third kappa shape index (κ3) is 1.42. The van der Waals surface area contributed by atoms with Gasteiger partial charge in [0.15, 0.2) is 0 Å². The summed E-state index contributed by atoms with van der Waals surface area (Å²) >= 11 is 0. The van der Waals surface area contributed by atoms with Crippen molar-refractivity contribution in [1.82, 2.24) is 14.9 Å². The largest absolute Gasteiger partial charge is 0.445 e. The summed E-state index contributed by atoms with van der Waals surface area (Å²) in [6.45, 7) is 0. The third-order valence-corrected chi connectivity index (χ3v) is 2.58. The van der Waals surface area contributed by atoms with Gasteiger partial charge in [0.05, 0.1) is 11.9 Å². The average molecular weight is 230 g/mol. The molecule has 0 fully saturated rings. The predicted octanol–water partition coefficient (Wildman–Crippen LogP) is 0.424. The van der Waals surface area contributed by atoms with Crippen LogP contribution in [0.4, 0.5) is 5.82 Å². The van der Waals surface area contributed by atoms with E-state index < -0.39 is 0 Å². The highest BCUT2D eigenvalue weighted by Gasteiger charge is 2.21. The fourth-order valence-corrected chi connectivity index (χ4v) is 1.74. The van der Waals surface area contributed by atoms with Crippen LogP contribution in [0.3, 0.4) is 0 Å². The van der Waals surface area contributed by atoms with Gasteiger partial charge in [-0.05, 0) is 12.1 Å². The second-order valence-electron chi connectivity index (χ2n) is 3.55. The Kier molecular flexibility index (Phi) is 2.01. The minimum Gasteiger partial charge on any atom is -0.445 e. The molecule has 0 atom stereocenters. The normalized spacial score (nSPS) is 16.4. The summed E-state index contributed by atoms with van der Waals surface area (Å²) in [5.41, 5.74) is 0.554. The highest BCUT2D eigenvalue weighted by Crippen LogP contribution is 2.27. The Labute approximate surface area is 97.1 Å². The fraction of sp³-hybridized carbons (Fsp3) is 0.0909. The lowest BCUT2D eigenvalue weighted by Gasteiger charge is -2.29.